The van der Waals surface area contributed by atoms with Crippen LogP contribution in [0.25, 0.3) is 10.2 Å². The Morgan fingerprint density at radius 2 is 1.92 bits per heavy atom. The third-order valence-corrected chi connectivity index (χ3v) is 4.99. The van der Waals surface area contributed by atoms with Gasteiger partial charge in [0.15, 0.2) is 11.7 Å². The second kappa shape index (κ2) is 6.97. The van der Waals surface area contributed by atoms with Crippen molar-refractivity contribution in [2.45, 2.75) is 13.8 Å². The van der Waals surface area contributed by atoms with Crippen molar-refractivity contribution in [3.63, 3.8) is 0 Å². The standard InChI is InChI=1S/C17H14Cl2N2O2S/c1-9-5-10(2)7-11(6-9)23-8-14(22)20-17-21-16-13(24-17)4-3-12(18)15(16)19/h3-7H,8H2,1-2H3,(H,20,21,22). The summed E-state index contributed by atoms with van der Waals surface area (Å²) in [6, 6.07) is 9.35. The molecule has 1 aromatic heterocycles. The third kappa shape index (κ3) is 3.80. The van der Waals surface area contributed by atoms with E-state index in [9.17, 15) is 4.79 Å². The Morgan fingerprint density at radius 3 is 2.62 bits per heavy atom. The van der Waals surface area contributed by atoms with E-state index in [1.54, 1.807) is 6.07 Å². The molecular weight excluding hydrogens is 367 g/mol. The van der Waals surface area contributed by atoms with Gasteiger partial charge in [-0.1, -0.05) is 40.6 Å². The van der Waals surface area contributed by atoms with E-state index in [2.05, 4.69) is 10.3 Å². The number of carbonyl (C=O) groups is 1. The van der Waals surface area contributed by atoms with E-state index >= 15 is 0 Å². The molecule has 3 rings (SSSR count). The van der Waals surface area contributed by atoms with Gasteiger partial charge in [-0.2, -0.15) is 0 Å². The number of aromatic nitrogens is 1. The normalized spacial score (nSPS) is 10.8. The van der Waals surface area contributed by atoms with Gasteiger partial charge in [0.05, 0.1) is 14.7 Å². The summed E-state index contributed by atoms with van der Waals surface area (Å²) < 4.78 is 6.39. The van der Waals surface area contributed by atoms with E-state index in [0.29, 0.717) is 26.4 Å². The highest BCUT2D eigenvalue weighted by molar-refractivity contribution is 7.22. The van der Waals surface area contributed by atoms with E-state index in [4.69, 9.17) is 27.9 Å². The lowest BCUT2D eigenvalue weighted by Crippen LogP contribution is -2.20. The van der Waals surface area contributed by atoms with Crippen LogP contribution in [0.4, 0.5) is 5.13 Å². The molecule has 3 aromatic rings. The summed E-state index contributed by atoms with van der Waals surface area (Å²) in [5, 5.41) is 4.00. The summed E-state index contributed by atoms with van der Waals surface area (Å²) in [7, 11) is 0. The number of amides is 1. The summed E-state index contributed by atoms with van der Waals surface area (Å²) in [6.45, 7) is 3.87. The predicted molar refractivity (Wildman–Crippen MR) is 99.7 cm³/mol. The molecule has 24 heavy (non-hydrogen) atoms. The highest BCUT2D eigenvalue weighted by atomic mass is 35.5. The van der Waals surface area contributed by atoms with Crippen molar-refractivity contribution >= 4 is 55.8 Å². The molecule has 1 N–H and O–H groups in total. The molecular formula is C17H14Cl2N2O2S. The Bertz CT molecular complexity index is 904. The number of aryl methyl sites for hydroxylation is 2. The van der Waals surface area contributed by atoms with Crippen LogP contribution in [-0.2, 0) is 4.79 Å². The number of carbonyl (C=O) groups excluding carboxylic acids is 1. The van der Waals surface area contributed by atoms with Crippen molar-refractivity contribution in [1.82, 2.24) is 4.98 Å². The fourth-order valence-corrected chi connectivity index (χ4v) is 3.62. The second-order valence-electron chi connectivity index (χ2n) is 5.39. The highest BCUT2D eigenvalue weighted by Crippen LogP contribution is 2.35. The molecule has 0 unspecified atom stereocenters. The molecule has 1 heterocycles. The van der Waals surface area contributed by atoms with Crippen molar-refractivity contribution in [1.29, 1.82) is 0 Å². The van der Waals surface area contributed by atoms with Crippen molar-refractivity contribution in [2.24, 2.45) is 0 Å². The van der Waals surface area contributed by atoms with Gasteiger partial charge in [-0.05, 0) is 49.2 Å². The average Bonchev–Trinajstić information content (AvgIpc) is 2.91. The number of halogens is 2. The SMILES string of the molecule is Cc1cc(C)cc(OCC(=O)Nc2nc3c(Cl)c(Cl)ccc3s2)c1. The first-order valence-electron chi connectivity index (χ1n) is 7.18. The Balaban J connectivity index is 1.67. The van der Waals surface area contributed by atoms with Gasteiger partial charge in [-0.15, -0.1) is 0 Å². The minimum Gasteiger partial charge on any atom is -0.484 e. The first-order chi connectivity index (χ1) is 11.4. The number of benzene rings is 2. The van der Waals surface area contributed by atoms with Crippen molar-refractivity contribution in [2.75, 3.05) is 11.9 Å². The van der Waals surface area contributed by atoms with Gasteiger partial charge < -0.3 is 4.74 Å². The Hall–Kier alpha value is -1.82. The van der Waals surface area contributed by atoms with Crippen LogP contribution in [-0.4, -0.2) is 17.5 Å². The molecule has 2 aromatic carbocycles. The monoisotopic (exact) mass is 380 g/mol. The maximum Gasteiger partial charge on any atom is 0.264 e. The lowest BCUT2D eigenvalue weighted by molar-refractivity contribution is -0.118. The third-order valence-electron chi connectivity index (χ3n) is 3.26. The predicted octanol–water partition coefficient (Wildman–Crippen LogP) is 5.24. The highest BCUT2D eigenvalue weighted by Gasteiger charge is 2.12. The zero-order valence-electron chi connectivity index (χ0n) is 13.0. The van der Waals surface area contributed by atoms with E-state index in [1.165, 1.54) is 11.3 Å². The topological polar surface area (TPSA) is 51.2 Å². The van der Waals surface area contributed by atoms with Crippen molar-refractivity contribution in [3.8, 4) is 5.75 Å². The number of hydrogen-bond acceptors (Lipinski definition) is 4. The minimum absolute atomic E-state index is 0.0900. The van der Waals surface area contributed by atoms with Crippen LogP contribution >= 0.6 is 34.5 Å². The first kappa shape index (κ1) is 17.0. The minimum atomic E-state index is -0.282. The smallest absolute Gasteiger partial charge is 0.264 e. The van der Waals surface area contributed by atoms with Crippen molar-refractivity contribution in [3.05, 3.63) is 51.5 Å². The van der Waals surface area contributed by atoms with E-state index in [0.717, 1.165) is 15.8 Å². The fourth-order valence-electron chi connectivity index (χ4n) is 2.31. The molecule has 0 atom stereocenters. The van der Waals surface area contributed by atoms with Crippen LogP contribution in [0.3, 0.4) is 0 Å². The van der Waals surface area contributed by atoms with Crippen LogP contribution in [0.1, 0.15) is 11.1 Å². The van der Waals surface area contributed by atoms with Crippen LogP contribution in [0.2, 0.25) is 10.0 Å². The number of fused-ring (bicyclic) bond motifs is 1. The Labute approximate surface area is 153 Å². The number of nitrogens with one attached hydrogen (secondary N) is 1. The molecule has 1 amide bonds. The van der Waals surface area contributed by atoms with Crippen LogP contribution in [0, 0.1) is 13.8 Å². The molecule has 0 radical (unpaired) electrons. The molecule has 0 aliphatic rings. The molecule has 0 aliphatic carbocycles. The molecule has 0 aliphatic heterocycles. The molecule has 0 bridgehead atoms. The van der Waals surface area contributed by atoms with Gasteiger partial charge in [-0.3, -0.25) is 10.1 Å². The Morgan fingerprint density at radius 1 is 1.21 bits per heavy atom. The maximum atomic E-state index is 12.1. The quantitative estimate of drug-likeness (QED) is 0.673. The number of thiazole rings is 1. The lowest BCUT2D eigenvalue weighted by atomic mass is 10.1. The van der Waals surface area contributed by atoms with E-state index < -0.39 is 0 Å². The molecule has 7 heteroatoms. The van der Waals surface area contributed by atoms with Gasteiger partial charge in [0.2, 0.25) is 0 Å². The fraction of sp³-hybridized carbons (Fsp3) is 0.176. The number of ether oxygens (including phenoxy) is 1. The number of anilines is 1. The number of hydrogen-bond donors (Lipinski definition) is 1. The molecule has 0 spiro atoms. The summed E-state index contributed by atoms with van der Waals surface area (Å²) in [5.41, 5.74) is 2.76. The van der Waals surface area contributed by atoms with Crippen LogP contribution in [0.15, 0.2) is 30.3 Å². The molecule has 0 saturated heterocycles. The van der Waals surface area contributed by atoms with E-state index in [1.807, 2.05) is 38.1 Å². The molecule has 124 valence electrons. The van der Waals surface area contributed by atoms with Gasteiger partial charge in [0.1, 0.15) is 11.3 Å². The molecule has 4 nitrogen and oxygen atoms in total. The van der Waals surface area contributed by atoms with E-state index in [-0.39, 0.29) is 12.5 Å². The summed E-state index contributed by atoms with van der Waals surface area (Å²) in [4.78, 5) is 16.4. The average molecular weight is 381 g/mol. The number of rotatable bonds is 4. The summed E-state index contributed by atoms with van der Waals surface area (Å²) in [6.07, 6.45) is 0. The summed E-state index contributed by atoms with van der Waals surface area (Å²) >= 11 is 13.4. The van der Waals surface area contributed by atoms with Gasteiger partial charge in [0, 0.05) is 0 Å². The van der Waals surface area contributed by atoms with Gasteiger partial charge >= 0.3 is 0 Å². The molecule has 0 fully saturated rings. The lowest BCUT2D eigenvalue weighted by Gasteiger charge is -2.07. The largest absolute Gasteiger partial charge is 0.484 e. The van der Waals surface area contributed by atoms with Crippen LogP contribution < -0.4 is 10.1 Å². The number of nitrogens with zero attached hydrogens (tertiary/aromatic N) is 1. The zero-order chi connectivity index (χ0) is 17.3. The van der Waals surface area contributed by atoms with Gasteiger partial charge in [0.25, 0.3) is 5.91 Å². The maximum absolute atomic E-state index is 12.1. The first-order valence-corrected chi connectivity index (χ1v) is 8.75. The second-order valence-corrected chi connectivity index (χ2v) is 7.20. The van der Waals surface area contributed by atoms with Crippen LogP contribution in [0.5, 0.6) is 5.75 Å². The van der Waals surface area contributed by atoms with Crippen molar-refractivity contribution < 1.29 is 9.53 Å². The summed E-state index contributed by atoms with van der Waals surface area (Å²) in [5.74, 6) is 0.386. The van der Waals surface area contributed by atoms with Gasteiger partial charge in [-0.25, -0.2) is 4.98 Å². The zero-order valence-corrected chi connectivity index (χ0v) is 15.4. The molecule has 0 saturated carbocycles. The Kier molecular flexibility index (Phi) is 4.94.